The van der Waals surface area contributed by atoms with Gasteiger partial charge < -0.3 is 14.4 Å². The standard InChI is InChI=1S/C20H22ClNO3/c1-2-24-20(23)22-13-12-19(25-17-10-8-16(21)9-11-17)18(14-22)15-6-4-3-5-7-15/h3-11,18-19H,2,12-14H2,1H3/t18-,19+/m0/s1. The van der Waals surface area contributed by atoms with E-state index in [1.165, 1.54) is 0 Å². The quantitative estimate of drug-likeness (QED) is 0.791. The summed E-state index contributed by atoms with van der Waals surface area (Å²) in [6.45, 7) is 3.42. The van der Waals surface area contributed by atoms with Gasteiger partial charge in [-0.2, -0.15) is 0 Å². The molecule has 1 heterocycles. The largest absolute Gasteiger partial charge is 0.490 e. The third kappa shape index (κ3) is 4.45. The van der Waals surface area contributed by atoms with Gasteiger partial charge in [0.2, 0.25) is 0 Å². The summed E-state index contributed by atoms with van der Waals surface area (Å²) in [7, 11) is 0. The van der Waals surface area contributed by atoms with Crippen LogP contribution in [0.3, 0.4) is 0 Å². The van der Waals surface area contributed by atoms with Gasteiger partial charge in [-0.05, 0) is 36.8 Å². The molecule has 1 aliphatic heterocycles. The Morgan fingerprint density at radius 2 is 1.88 bits per heavy atom. The zero-order valence-corrected chi connectivity index (χ0v) is 15.0. The number of likely N-dealkylation sites (tertiary alicyclic amines) is 1. The van der Waals surface area contributed by atoms with E-state index in [2.05, 4.69) is 12.1 Å². The number of halogens is 1. The Labute approximate surface area is 153 Å². The molecule has 0 aromatic heterocycles. The predicted molar refractivity (Wildman–Crippen MR) is 98.3 cm³/mol. The van der Waals surface area contributed by atoms with E-state index in [1.54, 1.807) is 4.90 Å². The van der Waals surface area contributed by atoms with Crippen molar-refractivity contribution in [1.29, 1.82) is 0 Å². The Kier molecular flexibility index (Phi) is 5.82. The number of rotatable bonds is 4. The molecule has 2 atom stereocenters. The van der Waals surface area contributed by atoms with Gasteiger partial charge in [0.25, 0.3) is 0 Å². The van der Waals surface area contributed by atoms with Crippen molar-refractivity contribution in [3.63, 3.8) is 0 Å². The van der Waals surface area contributed by atoms with Gasteiger partial charge in [0, 0.05) is 30.5 Å². The summed E-state index contributed by atoms with van der Waals surface area (Å²) in [6.07, 6.45) is 0.490. The van der Waals surface area contributed by atoms with Gasteiger partial charge in [0.05, 0.1) is 6.61 Å². The molecule has 25 heavy (non-hydrogen) atoms. The molecule has 1 amide bonds. The number of carbonyl (C=O) groups excluding carboxylic acids is 1. The highest BCUT2D eigenvalue weighted by Crippen LogP contribution is 2.31. The van der Waals surface area contributed by atoms with Crippen molar-refractivity contribution < 1.29 is 14.3 Å². The van der Waals surface area contributed by atoms with Crippen LogP contribution >= 0.6 is 11.6 Å². The molecule has 0 radical (unpaired) electrons. The van der Waals surface area contributed by atoms with Crippen LogP contribution in [0.1, 0.15) is 24.8 Å². The predicted octanol–water partition coefficient (Wildman–Crippen LogP) is 4.73. The number of piperidine rings is 1. The Balaban J connectivity index is 1.79. The second-order valence-corrected chi connectivity index (χ2v) is 6.50. The van der Waals surface area contributed by atoms with Crippen molar-refractivity contribution in [2.45, 2.75) is 25.4 Å². The average molecular weight is 360 g/mol. The third-order valence-electron chi connectivity index (χ3n) is 4.40. The number of ether oxygens (including phenoxy) is 2. The van der Waals surface area contributed by atoms with E-state index in [4.69, 9.17) is 21.1 Å². The molecule has 1 fully saturated rings. The minimum atomic E-state index is -0.256. The van der Waals surface area contributed by atoms with Gasteiger partial charge in [-0.3, -0.25) is 0 Å². The first-order valence-electron chi connectivity index (χ1n) is 8.56. The summed E-state index contributed by atoms with van der Waals surface area (Å²) < 4.78 is 11.4. The monoisotopic (exact) mass is 359 g/mol. The van der Waals surface area contributed by atoms with Crippen LogP contribution in [0.2, 0.25) is 5.02 Å². The molecule has 3 rings (SSSR count). The first-order valence-corrected chi connectivity index (χ1v) is 8.94. The molecule has 5 heteroatoms. The lowest BCUT2D eigenvalue weighted by atomic mass is 9.88. The molecule has 132 valence electrons. The molecule has 0 unspecified atom stereocenters. The number of nitrogens with zero attached hydrogens (tertiary/aromatic N) is 1. The van der Waals surface area contributed by atoms with E-state index in [-0.39, 0.29) is 18.1 Å². The van der Waals surface area contributed by atoms with Gasteiger partial charge in [0.1, 0.15) is 11.9 Å². The van der Waals surface area contributed by atoms with Crippen molar-refractivity contribution in [3.05, 3.63) is 65.2 Å². The molecule has 1 aliphatic rings. The minimum absolute atomic E-state index is 0.00532. The van der Waals surface area contributed by atoms with Crippen LogP contribution in [0.15, 0.2) is 54.6 Å². The van der Waals surface area contributed by atoms with Crippen molar-refractivity contribution in [3.8, 4) is 5.75 Å². The molecule has 0 bridgehead atoms. The van der Waals surface area contributed by atoms with E-state index in [1.807, 2.05) is 49.4 Å². The fourth-order valence-electron chi connectivity index (χ4n) is 3.16. The number of carbonyl (C=O) groups is 1. The van der Waals surface area contributed by atoms with Crippen molar-refractivity contribution in [2.75, 3.05) is 19.7 Å². The SMILES string of the molecule is CCOC(=O)N1CC[C@@H](Oc2ccc(Cl)cc2)[C@H](c2ccccc2)C1. The van der Waals surface area contributed by atoms with Crippen molar-refractivity contribution in [1.82, 2.24) is 4.90 Å². The number of benzene rings is 2. The van der Waals surface area contributed by atoms with Crippen LogP contribution in [-0.2, 0) is 4.74 Å². The van der Waals surface area contributed by atoms with Gasteiger partial charge in [0.15, 0.2) is 0 Å². The molecule has 4 nitrogen and oxygen atoms in total. The van der Waals surface area contributed by atoms with Crippen molar-refractivity contribution in [2.24, 2.45) is 0 Å². The lowest BCUT2D eigenvalue weighted by molar-refractivity contribution is 0.0574. The maximum atomic E-state index is 12.1. The van der Waals surface area contributed by atoms with Crippen LogP contribution in [0.4, 0.5) is 4.79 Å². The zero-order chi connectivity index (χ0) is 17.6. The number of amides is 1. The van der Waals surface area contributed by atoms with Crippen LogP contribution in [0.25, 0.3) is 0 Å². The van der Waals surface area contributed by atoms with Crippen LogP contribution in [0, 0.1) is 0 Å². The summed E-state index contributed by atoms with van der Waals surface area (Å²) in [5.41, 5.74) is 1.16. The lowest BCUT2D eigenvalue weighted by Gasteiger charge is -2.38. The summed E-state index contributed by atoms with van der Waals surface area (Å²) >= 11 is 5.95. The highest BCUT2D eigenvalue weighted by atomic mass is 35.5. The maximum Gasteiger partial charge on any atom is 0.409 e. The second kappa shape index (κ2) is 8.26. The molecule has 2 aromatic carbocycles. The summed E-state index contributed by atoms with van der Waals surface area (Å²) in [6, 6.07) is 17.6. The highest BCUT2D eigenvalue weighted by molar-refractivity contribution is 6.30. The Hall–Kier alpha value is -2.20. The van der Waals surface area contributed by atoms with Crippen LogP contribution in [0.5, 0.6) is 5.75 Å². The first kappa shape index (κ1) is 17.6. The number of hydrogen-bond donors (Lipinski definition) is 0. The first-order chi connectivity index (χ1) is 12.2. The Morgan fingerprint density at radius 1 is 1.16 bits per heavy atom. The Morgan fingerprint density at radius 3 is 2.56 bits per heavy atom. The molecule has 1 saturated heterocycles. The summed E-state index contributed by atoms with van der Waals surface area (Å²) in [4.78, 5) is 13.9. The van der Waals surface area contributed by atoms with E-state index in [0.717, 1.165) is 17.7 Å². The van der Waals surface area contributed by atoms with Gasteiger partial charge in [-0.15, -0.1) is 0 Å². The van der Waals surface area contributed by atoms with E-state index in [0.29, 0.717) is 24.7 Å². The molecular formula is C20H22ClNO3. The van der Waals surface area contributed by atoms with Gasteiger partial charge in [-0.1, -0.05) is 41.9 Å². The van der Waals surface area contributed by atoms with Crippen LogP contribution in [-0.4, -0.2) is 36.8 Å². The summed E-state index contributed by atoms with van der Waals surface area (Å²) in [5, 5.41) is 0.684. The molecule has 0 N–H and O–H groups in total. The topological polar surface area (TPSA) is 38.8 Å². The molecule has 0 spiro atoms. The Bertz CT molecular complexity index is 690. The van der Waals surface area contributed by atoms with Gasteiger partial charge in [-0.25, -0.2) is 4.79 Å². The molecule has 0 saturated carbocycles. The smallest absolute Gasteiger partial charge is 0.409 e. The lowest BCUT2D eigenvalue weighted by Crippen LogP contribution is -2.47. The van der Waals surface area contributed by atoms with E-state index < -0.39 is 0 Å². The second-order valence-electron chi connectivity index (χ2n) is 6.06. The number of hydrogen-bond acceptors (Lipinski definition) is 3. The average Bonchev–Trinajstić information content (AvgIpc) is 2.65. The summed E-state index contributed by atoms with van der Waals surface area (Å²) in [5.74, 6) is 0.884. The van der Waals surface area contributed by atoms with Crippen LogP contribution < -0.4 is 4.74 Å². The van der Waals surface area contributed by atoms with Crippen molar-refractivity contribution >= 4 is 17.7 Å². The maximum absolute atomic E-state index is 12.1. The third-order valence-corrected chi connectivity index (χ3v) is 4.66. The zero-order valence-electron chi connectivity index (χ0n) is 14.2. The normalized spacial score (nSPS) is 20.2. The molecule has 2 aromatic rings. The minimum Gasteiger partial charge on any atom is -0.490 e. The van der Waals surface area contributed by atoms with E-state index in [9.17, 15) is 4.79 Å². The van der Waals surface area contributed by atoms with Gasteiger partial charge >= 0.3 is 6.09 Å². The van der Waals surface area contributed by atoms with E-state index >= 15 is 0 Å². The fourth-order valence-corrected chi connectivity index (χ4v) is 3.29. The fraction of sp³-hybridized carbons (Fsp3) is 0.350. The molecule has 0 aliphatic carbocycles. The molecular weight excluding hydrogens is 338 g/mol. The highest BCUT2D eigenvalue weighted by Gasteiger charge is 2.34.